The fourth-order valence-corrected chi connectivity index (χ4v) is 3.22. The van der Waals surface area contributed by atoms with Crippen LogP contribution < -0.4 is 10.2 Å². The minimum atomic E-state index is -0.242. The summed E-state index contributed by atoms with van der Waals surface area (Å²) in [6, 6.07) is 12.3. The Kier molecular flexibility index (Phi) is 4.68. The Morgan fingerprint density at radius 1 is 1.17 bits per heavy atom. The van der Waals surface area contributed by atoms with Gasteiger partial charge in [-0.25, -0.2) is 0 Å². The third-order valence-corrected chi connectivity index (χ3v) is 4.50. The molecule has 2 aromatic rings. The Bertz CT molecular complexity index is 762. The number of rotatable bonds is 3. The molecule has 3 rings (SSSR count). The molecule has 0 saturated carbocycles. The predicted octanol–water partition coefficient (Wildman–Crippen LogP) is 4.48. The highest BCUT2D eigenvalue weighted by molar-refractivity contribution is 9.10. The van der Waals surface area contributed by atoms with Crippen LogP contribution >= 0.6 is 27.5 Å². The molecule has 1 N–H and O–H groups in total. The van der Waals surface area contributed by atoms with Crippen molar-refractivity contribution in [2.45, 2.75) is 12.8 Å². The SMILES string of the molecule is O=C(Nc1ccc(Br)cc1Cl)c1ccc(N2CCCC2=O)cc1. The van der Waals surface area contributed by atoms with Crippen molar-refractivity contribution in [1.29, 1.82) is 0 Å². The van der Waals surface area contributed by atoms with E-state index in [9.17, 15) is 9.59 Å². The Morgan fingerprint density at radius 2 is 1.91 bits per heavy atom. The molecule has 2 amide bonds. The molecule has 118 valence electrons. The van der Waals surface area contributed by atoms with Gasteiger partial charge in [-0.2, -0.15) is 0 Å². The number of halogens is 2. The molecule has 1 heterocycles. The summed E-state index contributed by atoms with van der Waals surface area (Å²) < 4.78 is 0.847. The zero-order valence-electron chi connectivity index (χ0n) is 12.2. The second-order valence-electron chi connectivity index (χ2n) is 5.27. The highest BCUT2D eigenvalue weighted by atomic mass is 79.9. The lowest BCUT2D eigenvalue weighted by molar-refractivity contribution is -0.117. The number of amides is 2. The number of benzene rings is 2. The number of nitrogens with one attached hydrogen (secondary N) is 1. The number of nitrogens with zero attached hydrogens (tertiary/aromatic N) is 1. The first-order valence-electron chi connectivity index (χ1n) is 7.21. The first kappa shape index (κ1) is 16.0. The molecular formula is C17H14BrClN2O2. The highest BCUT2D eigenvalue weighted by Crippen LogP contribution is 2.26. The fourth-order valence-electron chi connectivity index (χ4n) is 2.50. The van der Waals surface area contributed by atoms with Gasteiger partial charge in [0.05, 0.1) is 10.7 Å². The van der Waals surface area contributed by atoms with Crippen molar-refractivity contribution in [2.24, 2.45) is 0 Å². The average Bonchev–Trinajstić information content (AvgIpc) is 2.96. The Hall–Kier alpha value is -1.85. The normalized spacial score (nSPS) is 14.2. The van der Waals surface area contributed by atoms with E-state index in [4.69, 9.17) is 11.6 Å². The van der Waals surface area contributed by atoms with E-state index < -0.39 is 0 Å². The second-order valence-corrected chi connectivity index (χ2v) is 6.60. The van der Waals surface area contributed by atoms with Gasteiger partial charge in [0.2, 0.25) is 5.91 Å². The molecule has 0 spiro atoms. The third-order valence-electron chi connectivity index (χ3n) is 3.69. The van der Waals surface area contributed by atoms with Crippen LogP contribution in [-0.4, -0.2) is 18.4 Å². The number of hydrogen-bond donors (Lipinski definition) is 1. The maximum Gasteiger partial charge on any atom is 0.255 e. The molecule has 2 aromatic carbocycles. The van der Waals surface area contributed by atoms with Crippen LogP contribution in [0.15, 0.2) is 46.9 Å². The summed E-state index contributed by atoms with van der Waals surface area (Å²) in [4.78, 5) is 25.8. The molecule has 0 unspecified atom stereocenters. The smallest absolute Gasteiger partial charge is 0.255 e. The molecule has 1 fully saturated rings. The van der Waals surface area contributed by atoms with Gasteiger partial charge >= 0.3 is 0 Å². The maximum absolute atomic E-state index is 12.3. The molecular weight excluding hydrogens is 380 g/mol. The maximum atomic E-state index is 12.3. The molecule has 23 heavy (non-hydrogen) atoms. The van der Waals surface area contributed by atoms with Crippen LogP contribution in [0.3, 0.4) is 0 Å². The van der Waals surface area contributed by atoms with Crippen molar-refractivity contribution in [3.63, 3.8) is 0 Å². The molecule has 1 aliphatic rings. The van der Waals surface area contributed by atoms with Gasteiger partial charge in [0, 0.05) is 28.7 Å². The summed E-state index contributed by atoms with van der Waals surface area (Å²) in [5.74, 6) is -0.114. The standard InChI is InChI=1S/C17H14BrClN2O2/c18-12-5-8-15(14(19)10-12)20-17(23)11-3-6-13(7-4-11)21-9-1-2-16(21)22/h3-8,10H,1-2,9H2,(H,20,23). The molecule has 0 bridgehead atoms. The van der Waals surface area contributed by atoms with Crippen molar-refractivity contribution in [1.82, 2.24) is 0 Å². The summed E-state index contributed by atoms with van der Waals surface area (Å²) in [5, 5.41) is 3.24. The van der Waals surface area contributed by atoms with Gasteiger partial charge < -0.3 is 10.2 Å². The molecule has 1 saturated heterocycles. The topological polar surface area (TPSA) is 49.4 Å². The van der Waals surface area contributed by atoms with Crippen molar-refractivity contribution in [3.05, 3.63) is 57.5 Å². The first-order valence-corrected chi connectivity index (χ1v) is 8.38. The van der Waals surface area contributed by atoms with Gasteiger partial charge in [0.25, 0.3) is 5.91 Å². The van der Waals surface area contributed by atoms with Crippen LogP contribution in [0.1, 0.15) is 23.2 Å². The van der Waals surface area contributed by atoms with Crippen molar-refractivity contribution >= 4 is 50.7 Å². The van der Waals surface area contributed by atoms with Crippen LogP contribution in [-0.2, 0) is 4.79 Å². The first-order chi connectivity index (χ1) is 11.0. The summed E-state index contributed by atoms with van der Waals surface area (Å²) >= 11 is 9.42. The van der Waals surface area contributed by atoms with Crippen LogP contribution in [0.25, 0.3) is 0 Å². The lowest BCUT2D eigenvalue weighted by Gasteiger charge is -2.16. The zero-order valence-corrected chi connectivity index (χ0v) is 14.5. The lowest BCUT2D eigenvalue weighted by Crippen LogP contribution is -2.23. The molecule has 0 aliphatic carbocycles. The van der Waals surface area contributed by atoms with Crippen molar-refractivity contribution < 1.29 is 9.59 Å². The summed E-state index contributed by atoms with van der Waals surface area (Å²) in [7, 11) is 0. The molecule has 0 atom stereocenters. The molecule has 6 heteroatoms. The van der Waals surface area contributed by atoms with Gasteiger partial charge in [-0.15, -0.1) is 0 Å². The Morgan fingerprint density at radius 3 is 2.52 bits per heavy atom. The van der Waals surface area contributed by atoms with E-state index in [1.807, 2.05) is 6.07 Å². The van der Waals surface area contributed by atoms with Gasteiger partial charge in [-0.3, -0.25) is 9.59 Å². The molecule has 1 aliphatic heterocycles. The highest BCUT2D eigenvalue weighted by Gasteiger charge is 2.21. The van der Waals surface area contributed by atoms with Crippen LogP contribution in [0.4, 0.5) is 11.4 Å². The van der Waals surface area contributed by atoms with Crippen LogP contribution in [0.2, 0.25) is 5.02 Å². The number of carbonyl (C=O) groups is 2. The Labute approximate surface area is 147 Å². The van der Waals surface area contributed by atoms with Crippen molar-refractivity contribution in [2.75, 3.05) is 16.8 Å². The van der Waals surface area contributed by atoms with E-state index in [1.54, 1.807) is 41.3 Å². The number of anilines is 2. The summed E-state index contributed by atoms with van der Waals surface area (Å²) in [6.07, 6.45) is 1.47. The van der Waals surface area contributed by atoms with E-state index in [2.05, 4.69) is 21.2 Å². The van der Waals surface area contributed by atoms with Crippen LogP contribution in [0, 0.1) is 0 Å². The quantitative estimate of drug-likeness (QED) is 0.836. The van der Waals surface area contributed by atoms with Gasteiger partial charge in [-0.1, -0.05) is 27.5 Å². The predicted molar refractivity (Wildman–Crippen MR) is 95.1 cm³/mol. The zero-order chi connectivity index (χ0) is 16.4. The van der Waals surface area contributed by atoms with Crippen molar-refractivity contribution in [3.8, 4) is 0 Å². The third kappa shape index (κ3) is 3.57. The van der Waals surface area contributed by atoms with E-state index in [0.29, 0.717) is 22.7 Å². The van der Waals surface area contributed by atoms with Gasteiger partial charge in [0.1, 0.15) is 0 Å². The largest absolute Gasteiger partial charge is 0.321 e. The molecule has 0 aromatic heterocycles. The Balaban J connectivity index is 1.74. The van der Waals surface area contributed by atoms with Gasteiger partial charge in [0.15, 0.2) is 0 Å². The molecule has 4 nitrogen and oxygen atoms in total. The average molecular weight is 394 g/mol. The van der Waals surface area contributed by atoms with Crippen LogP contribution in [0.5, 0.6) is 0 Å². The monoisotopic (exact) mass is 392 g/mol. The minimum Gasteiger partial charge on any atom is -0.321 e. The number of carbonyl (C=O) groups excluding carboxylic acids is 2. The van der Waals surface area contributed by atoms with E-state index in [-0.39, 0.29) is 11.8 Å². The fraction of sp³-hybridized carbons (Fsp3) is 0.176. The van der Waals surface area contributed by atoms with E-state index >= 15 is 0 Å². The van der Waals surface area contributed by atoms with Gasteiger partial charge in [-0.05, 0) is 48.9 Å². The molecule has 0 radical (unpaired) electrons. The second kappa shape index (κ2) is 6.72. The van der Waals surface area contributed by atoms with E-state index in [1.165, 1.54) is 0 Å². The summed E-state index contributed by atoms with van der Waals surface area (Å²) in [6.45, 7) is 0.735. The summed E-state index contributed by atoms with van der Waals surface area (Å²) in [5.41, 5.74) is 1.89. The minimum absolute atomic E-state index is 0.129. The lowest BCUT2D eigenvalue weighted by atomic mass is 10.1. The van der Waals surface area contributed by atoms with E-state index in [0.717, 1.165) is 23.1 Å². The number of hydrogen-bond acceptors (Lipinski definition) is 2.